The number of aliphatic hydroxyl groups is 1. The van der Waals surface area contributed by atoms with Crippen LogP contribution in [-0.2, 0) is 11.2 Å². The summed E-state index contributed by atoms with van der Waals surface area (Å²) in [7, 11) is 0. The van der Waals surface area contributed by atoms with Gasteiger partial charge in [0.2, 0.25) is 0 Å². The standard InChI is InChI=1S/C15H17NO3/c1-2-15(19)10-12(9-14(15)18)16-8-7-11-3-5-13(17)6-4-11/h2-6,17,19H,1,7-10H2. The Hall–Kier alpha value is -1.94. The van der Waals surface area contributed by atoms with Gasteiger partial charge in [0.25, 0.3) is 0 Å². The fourth-order valence-electron chi connectivity index (χ4n) is 2.11. The third kappa shape index (κ3) is 3.09. The van der Waals surface area contributed by atoms with Crippen molar-refractivity contribution in [2.24, 2.45) is 4.99 Å². The predicted octanol–water partition coefficient (Wildman–Crippen LogP) is 1.66. The molecule has 4 heteroatoms. The van der Waals surface area contributed by atoms with E-state index in [-0.39, 0.29) is 24.4 Å². The first-order chi connectivity index (χ1) is 9.03. The van der Waals surface area contributed by atoms with Gasteiger partial charge in [-0.15, -0.1) is 0 Å². The molecule has 0 aromatic heterocycles. The average molecular weight is 259 g/mol. The molecule has 1 aromatic rings. The van der Waals surface area contributed by atoms with Crippen molar-refractivity contribution in [3.8, 4) is 5.75 Å². The molecule has 0 aliphatic heterocycles. The predicted molar refractivity (Wildman–Crippen MR) is 73.5 cm³/mol. The average Bonchev–Trinajstić information content (AvgIpc) is 2.68. The minimum absolute atomic E-state index is 0.206. The van der Waals surface area contributed by atoms with Crippen LogP contribution < -0.4 is 0 Å². The first-order valence-electron chi connectivity index (χ1n) is 6.23. The lowest BCUT2D eigenvalue weighted by atomic mass is 10.0. The molecule has 1 saturated carbocycles. The molecule has 0 radical (unpaired) electrons. The van der Waals surface area contributed by atoms with Crippen molar-refractivity contribution in [3.05, 3.63) is 42.5 Å². The van der Waals surface area contributed by atoms with E-state index in [2.05, 4.69) is 11.6 Å². The normalized spacial score (nSPS) is 24.9. The number of nitrogens with zero attached hydrogens (tertiary/aromatic N) is 1. The van der Waals surface area contributed by atoms with E-state index in [0.717, 1.165) is 17.7 Å². The highest BCUT2D eigenvalue weighted by Crippen LogP contribution is 2.25. The zero-order chi connectivity index (χ0) is 13.9. The van der Waals surface area contributed by atoms with Crippen molar-refractivity contribution in [1.82, 2.24) is 0 Å². The van der Waals surface area contributed by atoms with Crippen LogP contribution in [0.3, 0.4) is 0 Å². The van der Waals surface area contributed by atoms with E-state index < -0.39 is 5.60 Å². The second-order valence-electron chi connectivity index (χ2n) is 4.77. The van der Waals surface area contributed by atoms with Crippen LogP contribution in [-0.4, -0.2) is 33.9 Å². The Bertz CT molecular complexity index is 519. The molecule has 1 aliphatic rings. The second kappa shape index (κ2) is 5.36. The lowest BCUT2D eigenvalue weighted by Gasteiger charge is -2.12. The summed E-state index contributed by atoms with van der Waals surface area (Å²) < 4.78 is 0. The van der Waals surface area contributed by atoms with Crippen LogP contribution in [0.2, 0.25) is 0 Å². The Morgan fingerprint density at radius 2 is 2.05 bits per heavy atom. The van der Waals surface area contributed by atoms with Gasteiger partial charge in [0, 0.05) is 25.1 Å². The van der Waals surface area contributed by atoms with Crippen LogP contribution in [0.25, 0.3) is 0 Å². The molecule has 0 bridgehead atoms. The summed E-state index contributed by atoms with van der Waals surface area (Å²) in [6.07, 6.45) is 2.49. The number of aliphatic imine (C=N–C) groups is 1. The van der Waals surface area contributed by atoms with Gasteiger partial charge in [-0.25, -0.2) is 0 Å². The van der Waals surface area contributed by atoms with Gasteiger partial charge < -0.3 is 10.2 Å². The number of rotatable bonds is 4. The number of Topliss-reactive ketones (excluding diaryl/α,β-unsaturated/α-hetero) is 1. The summed E-state index contributed by atoms with van der Waals surface area (Å²) in [6, 6.07) is 6.96. The van der Waals surface area contributed by atoms with Gasteiger partial charge in [-0.3, -0.25) is 9.79 Å². The van der Waals surface area contributed by atoms with Gasteiger partial charge in [0.15, 0.2) is 5.78 Å². The van der Waals surface area contributed by atoms with Gasteiger partial charge in [-0.05, 0) is 24.1 Å². The summed E-state index contributed by atoms with van der Waals surface area (Å²) in [5, 5.41) is 19.1. The molecule has 0 spiro atoms. The lowest BCUT2D eigenvalue weighted by Crippen LogP contribution is -2.30. The second-order valence-corrected chi connectivity index (χ2v) is 4.77. The molecule has 0 heterocycles. The largest absolute Gasteiger partial charge is 0.508 e. The van der Waals surface area contributed by atoms with Gasteiger partial charge >= 0.3 is 0 Å². The van der Waals surface area contributed by atoms with Crippen LogP contribution in [0.4, 0.5) is 0 Å². The van der Waals surface area contributed by atoms with E-state index in [4.69, 9.17) is 5.11 Å². The highest BCUT2D eigenvalue weighted by molar-refractivity contribution is 6.14. The Labute approximate surface area is 112 Å². The van der Waals surface area contributed by atoms with Crippen molar-refractivity contribution in [2.75, 3.05) is 6.54 Å². The highest BCUT2D eigenvalue weighted by atomic mass is 16.3. The molecule has 2 rings (SSSR count). The van der Waals surface area contributed by atoms with E-state index >= 15 is 0 Å². The highest BCUT2D eigenvalue weighted by Gasteiger charge is 2.40. The molecule has 1 fully saturated rings. The third-order valence-electron chi connectivity index (χ3n) is 3.33. The summed E-state index contributed by atoms with van der Waals surface area (Å²) >= 11 is 0. The monoisotopic (exact) mass is 259 g/mol. The lowest BCUT2D eigenvalue weighted by molar-refractivity contribution is -0.129. The fraction of sp³-hybridized carbons (Fsp3) is 0.333. The number of benzene rings is 1. The van der Waals surface area contributed by atoms with Crippen LogP contribution >= 0.6 is 0 Å². The Kier molecular flexibility index (Phi) is 3.81. The molecular formula is C15H17NO3. The van der Waals surface area contributed by atoms with Crippen molar-refractivity contribution in [3.63, 3.8) is 0 Å². The fourth-order valence-corrected chi connectivity index (χ4v) is 2.11. The SMILES string of the molecule is C=CC1(O)CC(=NCCc2ccc(O)cc2)CC1=O. The number of phenols is 1. The van der Waals surface area contributed by atoms with E-state index in [9.17, 15) is 9.90 Å². The number of ketones is 1. The van der Waals surface area contributed by atoms with E-state index in [1.54, 1.807) is 12.1 Å². The third-order valence-corrected chi connectivity index (χ3v) is 3.33. The molecule has 1 unspecified atom stereocenters. The molecule has 4 nitrogen and oxygen atoms in total. The minimum Gasteiger partial charge on any atom is -0.508 e. The topological polar surface area (TPSA) is 69.9 Å². The molecular weight excluding hydrogens is 242 g/mol. The maximum Gasteiger partial charge on any atom is 0.174 e. The molecule has 0 saturated heterocycles. The van der Waals surface area contributed by atoms with Gasteiger partial charge in [-0.2, -0.15) is 0 Å². The van der Waals surface area contributed by atoms with E-state index in [1.807, 2.05) is 12.1 Å². The molecule has 19 heavy (non-hydrogen) atoms. The van der Waals surface area contributed by atoms with Crippen LogP contribution in [0, 0.1) is 0 Å². The summed E-state index contributed by atoms with van der Waals surface area (Å²) in [4.78, 5) is 15.9. The minimum atomic E-state index is -1.42. The number of phenolic OH excluding ortho intramolecular Hbond substituents is 1. The number of aromatic hydroxyl groups is 1. The summed E-state index contributed by atoms with van der Waals surface area (Å²) in [6.45, 7) is 4.06. The number of carbonyl (C=O) groups is 1. The zero-order valence-corrected chi connectivity index (χ0v) is 10.7. The molecule has 1 aromatic carbocycles. The number of hydrogen-bond acceptors (Lipinski definition) is 4. The van der Waals surface area contributed by atoms with Crippen molar-refractivity contribution in [2.45, 2.75) is 24.9 Å². The number of carbonyl (C=O) groups excluding carboxylic acids is 1. The Morgan fingerprint density at radius 1 is 1.37 bits per heavy atom. The first-order valence-corrected chi connectivity index (χ1v) is 6.23. The van der Waals surface area contributed by atoms with Crippen LogP contribution in [0.15, 0.2) is 41.9 Å². The molecule has 1 aliphatic carbocycles. The van der Waals surface area contributed by atoms with Gasteiger partial charge in [0.05, 0.1) is 0 Å². The van der Waals surface area contributed by atoms with Crippen LogP contribution in [0.5, 0.6) is 5.75 Å². The Balaban J connectivity index is 1.92. The molecule has 100 valence electrons. The van der Waals surface area contributed by atoms with E-state index in [0.29, 0.717) is 6.54 Å². The summed E-state index contributed by atoms with van der Waals surface area (Å²) in [5.41, 5.74) is 0.383. The quantitative estimate of drug-likeness (QED) is 0.808. The van der Waals surface area contributed by atoms with Crippen molar-refractivity contribution >= 4 is 11.5 Å². The Morgan fingerprint density at radius 3 is 2.63 bits per heavy atom. The smallest absolute Gasteiger partial charge is 0.174 e. The zero-order valence-electron chi connectivity index (χ0n) is 10.7. The maximum absolute atomic E-state index is 11.6. The first kappa shape index (κ1) is 13.5. The molecule has 1 atom stereocenters. The van der Waals surface area contributed by atoms with Gasteiger partial charge in [0.1, 0.15) is 11.4 Å². The van der Waals surface area contributed by atoms with E-state index in [1.165, 1.54) is 6.08 Å². The van der Waals surface area contributed by atoms with Crippen LogP contribution in [0.1, 0.15) is 18.4 Å². The van der Waals surface area contributed by atoms with Crippen molar-refractivity contribution < 1.29 is 15.0 Å². The summed E-state index contributed by atoms with van der Waals surface area (Å²) in [5.74, 6) is 0.0124. The molecule has 2 N–H and O–H groups in total. The number of hydrogen-bond donors (Lipinski definition) is 2. The van der Waals surface area contributed by atoms with Crippen molar-refractivity contribution in [1.29, 1.82) is 0 Å². The maximum atomic E-state index is 11.6. The van der Waals surface area contributed by atoms with Gasteiger partial charge in [-0.1, -0.05) is 24.8 Å². The molecule has 0 amide bonds.